The third-order valence-electron chi connectivity index (χ3n) is 4.66. The highest BCUT2D eigenvalue weighted by molar-refractivity contribution is 8.01. The first-order chi connectivity index (χ1) is 15.0. The minimum Gasteiger partial charge on any atom is -0.493 e. The molecule has 31 heavy (non-hydrogen) atoms. The molecule has 0 aliphatic rings. The van der Waals surface area contributed by atoms with Crippen molar-refractivity contribution >= 4 is 39.8 Å². The van der Waals surface area contributed by atoms with Crippen LogP contribution in [0.3, 0.4) is 0 Å². The molecule has 1 aromatic heterocycles. The van der Waals surface area contributed by atoms with E-state index in [-0.39, 0.29) is 11.7 Å². The van der Waals surface area contributed by atoms with Crippen molar-refractivity contribution in [1.29, 1.82) is 0 Å². The Labute approximate surface area is 190 Å². The second kappa shape index (κ2) is 11.0. The van der Waals surface area contributed by atoms with E-state index in [0.717, 1.165) is 22.0 Å². The van der Waals surface area contributed by atoms with Crippen LogP contribution >= 0.6 is 23.1 Å². The molecule has 2 aromatic carbocycles. The van der Waals surface area contributed by atoms with Crippen LogP contribution in [-0.4, -0.2) is 48.0 Å². The molecule has 3 aromatic rings. The van der Waals surface area contributed by atoms with Crippen molar-refractivity contribution in [3.63, 3.8) is 0 Å². The van der Waals surface area contributed by atoms with Gasteiger partial charge in [-0.25, -0.2) is 0 Å². The molecule has 0 spiro atoms. The first-order valence-electron chi connectivity index (χ1n) is 9.80. The second-order valence-electron chi connectivity index (χ2n) is 6.74. The lowest BCUT2D eigenvalue weighted by atomic mass is 10.1. The van der Waals surface area contributed by atoms with E-state index in [4.69, 9.17) is 9.47 Å². The quantitative estimate of drug-likeness (QED) is 0.445. The Morgan fingerprint density at radius 1 is 1.13 bits per heavy atom. The highest BCUT2D eigenvalue weighted by Crippen LogP contribution is 2.32. The smallest absolute Gasteiger partial charge is 0.233 e. The fraction of sp³-hybridized carbons (Fsp3) is 0.318. The Bertz CT molecular complexity index is 1010. The first-order valence-corrected chi connectivity index (χ1v) is 11.6. The summed E-state index contributed by atoms with van der Waals surface area (Å²) < 4.78 is 11.5. The van der Waals surface area contributed by atoms with Crippen molar-refractivity contribution in [2.45, 2.75) is 24.2 Å². The summed E-state index contributed by atoms with van der Waals surface area (Å²) in [5.41, 5.74) is 3.14. The average molecular weight is 459 g/mol. The summed E-state index contributed by atoms with van der Waals surface area (Å²) in [5, 5.41) is 12.3. The number of hydrogen-bond donors (Lipinski definition) is 1. The molecular weight excluding hydrogens is 432 g/mol. The van der Waals surface area contributed by atoms with Crippen molar-refractivity contribution in [2.24, 2.45) is 0 Å². The van der Waals surface area contributed by atoms with Gasteiger partial charge in [0.2, 0.25) is 11.0 Å². The molecule has 7 nitrogen and oxygen atoms in total. The molecular formula is C22H26N4O3S2. The number of methoxy groups -OCH3 is 2. The molecule has 9 heteroatoms. The minimum absolute atomic E-state index is 0.00487. The summed E-state index contributed by atoms with van der Waals surface area (Å²) >= 11 is 2.81. The second-order valence-corrected chi connectivity index (χ2v) is 8.94. The number of nitrogens with zero attached hydrogens (tertiary/aromatic N) is 3. The van der Waals surface area contributed by atoms with Crippen LogP contribution in [0.4, 0.5) is 10.8 Å². The largest absolute Gasteiger partial charge is 0.493 e. The monoisotopic (exact) mass is 458 g/mol. The lowest BCUT2D eigenvalue weighted by molar-refractivity contribution is -0.127. The topological polar surface area (TPSA) is 76.6 Å². The predicted octanol–water partition coefficient (Wildman–Crippen LogP) is 4.61. The van der Waals surface area contributed by atoms with Crippen molar-refractivity contribution in [3.05, 3.63) is 53.6 Å². The Morgan fingerprint density at radius 3 is 2.58 bits per heavy atom. The van der Waals surface area contributed by atoms with Gasteiger partial charge in [-0.3, -0.25) is 4.79 Å². The number of thioether (sulfide) groups is 1. The Hall–Kier alpha value is -2.78. The molecule has 0 saturated carbocycles. The highest BCUT2D eigenvalue weighted by Gasteiger charge is 2.16. The number of rotatable bonds is 10. The molecule has 1 heterocycles. The molecule has 1 N–H and O–H groups in total. The van der Waals surface area contributed by atoms with Crippen LogP contribution in [0.1, 0.15) is 18.1 Å². The van der Waals surface area contributed by atoms with Gasteiger partial charge in [0.05, 0.1) is 20.0 Å². The van der Waals surface area contributed by atoms with Crippen LogP contribution in [0.25, 0.3) is 0 Å². The molecule has 0 fully saturated rings. The third-order valence-corrected chi connectivity index (χ3v) is 6.61. The minimum atomic E-state index is -0.00487. The van der Waals surface area contributed by atoms with Gasteiger partial charge in [0.1, 0.15) is 0 Å². The molecule has 0 bridgehead atoms. The maximum atomic E-state index is 12.6. The lowest BCUT2D eigenvalue weighted by Crippen LogP contribution is -2.28. The third kappa shape index (κ3) is 6.11. The van der Waals surface area contributed by atoms with Gasteiger partial charge in [0.15, 0.2) is 15.8 Å². The molecule has 1 amide bonds. The zero-order chi connectivity index (χ0) is 22.2. The number of carbonyl (C=O) groups is 1. The van der Waals surface area contributed by atoms with Crippen LogP contribution < -0.4 is 14.8 Å². The molecule has 0 unspecified atom stereocenters. The Kier molecular flexibility index (Phi) is 8.13. The van der Waals surface area contributed by atoms with Crippen molar-refractivity contribution in [2.75, 3.05) is 32.3 Å². The Balaban J connectivity index is 1.53. The van der Waals surface area contributed by atoms with E-state index >= 15 is 0 Å². The summed E-state index contributed by atoms with van der Waals surface area (Å²) in [4.78, 5) is 14.3. The van der Waals surface area contributed by atoms with Gasteiger partial charge in [0, 0.05) is 24.8 Å². The van der Waals surface area contributed by atoms with Gasteiger partial charge < -0.3 is 19.7 Å². The number of anilines is 2. The summed E-state index contributed by atoms with van der Waals surface area (Å²) in [7, 11) is 4.96. The Morgan fingerprint density at radius 2 is 1.90 bits per heavy atom. The molecule has 0 aliphatic carbocycles. The summed E-state index contributed by atoms with van der Waals surface area (Å²) in [6.07, 6.45) is 1.01. The molecule has 164 valence electrons. The number of benzene rings is 2. The van der Waals surface area contributed by atoms with Gasteiger partial charge in [-0.2, -0.15) is 0 Å². The highest BCUT2D eigenvalue weighted by atomic mass is 32.2. The van der Waals surface area contributed by atoms with E-state index in [1.165, 1.54) is 28.7 Å². The molecule has 0 aliphatic heterocycles. The number of amides is 1. The van der Waals surface area contributed by atoms with Gasteiger partial charge in [-0.1, -0.05) is 54.3 Å². The van der Waals surface area contributed by atoms with Crippen LogP contribution in [-0.2, 0) is 17.8 Å². The normalized spacial score (nSPS) is 10.6. The lowest BCUT2D eigenvalue weighted by Gasteiger charge is -2.19. The van der Waals surface area contributed by atoms with Crippen LogP contribution in [0.15, 0.2) is 46.8 Å². The van der Waals surface area contributed by atoms with Crippen molar-refractivity contribution in [1.82, 2.24) is 15.1 Å². The zero-order valence-corrected chi connectivity index (χ0v) is 19.7. The number of aryl methyl sites for hydroxylation is 1. The maximum Gasteiger partial charge on any atom is 0.233 e. The summed E-state index contributed by atoms with van der Waals surface area (Å²) in [5.74, 6) is 1.56. The summed E-state index contributed by atoms with van der Waals surface area (Å²) in [6.45, 7) is 2.55. The fourth-order valence-corrected chi connectivity index (χ4v) is 4.63. The number of aromatic nitrogens is 2. The van der Waals surface area contributed by atoms with E-state index < -0.39 is 0 Å². The molecule has 0 atom stereocenters. The van der Waals surface area contributed by atoms with Crippen molar-refractivity contribution < 1.29 is 14.3 Å². The van der Waals surface area contributed by atoms with Gasteiger partial charge in [-0.15, -0.1) is 10.2 Å². The average Bonchev–Trinajstić information content (AvgIpc) is 3.24. The van der Waals surface area contributed by atoms with E-state index in [1.807, 2.05) is 30.3 Å². The van der Waals surface area contributed by atoms with E-state index in [1.54, 1.807) is 26.2 Å². The fourth-order valence-electron chi connectivity index (χ4n) is 2.92. The molecule has 0 saturated heterocycles. The number of para-hydroxylation sites is 1. The maximum absolute atomic E-state index is 12.6. The number of hydrogen-bond acceptors (Lipinski definition) is 8. The van der Waals surface area contributed by atoms with Crippen LogP contribution in [0, 0.1) is 0 Å². The first kappa shape index (κ1) is 22.9. The van der Waals surface area contributed by atoms with Crippen LogP contribution in [0.2, 0.25) is 0 Å². The number of ether oxygens (including phenoxy) is 2. The van der Waals surface area contributed by atoms with Crippen LogP contribution in [0.5, 0.6) is 11.5 Å². The number of nitrogens with one attached hydrogen (secondary N) is 1. The molecule has 0 radical (unpaired) electrons. The van der Waals surface area contributed by atoms with Crippen molar-refractivity contribution in [3.8, 4) is 11.5 Å². The zero-order valence-electron chi connectivity index (χ0n) is 18.0. The van der Waals surface area contributed by atoms with E-state index in [2.05, 4.69) is 34.6 Å². The van der Waals surface area contributed by atoms with E-state index in [0.29, 0.717) is 23.2 Å². The van der Waals surface area contributed by atoms with Gasteiger partial charge in [0.25, 0.3) is 0 Å². The predicted molar refractivity (Wildman–Crippen MR) is 126 cm³/mol. The standard InChI is InChI=1S/C22H26N4O3S2/c1-5-15-9-11-17(12-10-15)23-21-24-25-22(31-21)30-14-19(27)26(2)13-16-7-6-8-18(28-3)20(16)29-4/h6-12H,5,13-14H2,1-4H3,(H,23,24). The van der Waals surface area contributed by atoms with E-state index in [9.17, 15) is 4.79 Å². The summed E-state index contributed by atoms with van der Waals surface area (Å²) in [6, 6.07) is 13.9. The molecule has 3 rings (SSSR count). The SMILES string of the molecule is CCc1ccc(Nc2nnc(SCC(=O)N(C)Cc3cccc(OC)c3OC)s2)cc1. The van der Waals surface area contributed by atoms with Gasteiger partial charge in [-0.05, 0) is 30.2 Å². The number of carbonyl (C=O) groups excluding carboxylic acids is 1. The van der Waals surface area contributed by atoms with Gasteiger partial charge >= 0.3 is 0 Å².